The van der Waals surface area contributed by atoms with Crippen molar-refractivity contribution in [3.8, 4) is 0 Å². The number of carbonyl (C=O) groups excluding carboxylic acids is 2. The molecule has 142 valence electrons. The van der Waals surface area contributed by atoms with Crippen LogP contribution in [0.15, 0.2) is 53.4 Å². The number of carbonyl (C=O) groups is 2. The van der Waals surface area contributed by atoms with Gasteiger partial charge in [0.25, 0.3) is 11.6 Å². The normalized spacial score (nSPS) is 12.1. The van der Waals surface area contributed by atoms with Crippen LogP contribution in [-0.2, 0) is 19.4 Å². The molecule has 0 saturated carbocycles. The van der Waals surface area contributed by atoms with Gasteiger partial charge in [0.1, 0.15) is 4.90 Å². The Morgan fingerprint density at radius 3 is 2.33 bits per heavy atom. The number of nitro benzene ring substituents is 1. The average Bonchev–Trinajstić information content (AvgIpc) is 2.61. The second-order valence-corrected chi connectivity index (χ2v) is 7.60. The summed E-state index contributed by atoms with van der Waals surface area (Å²) in [6, 6.07) is 11.4. The molecule has 0 bridgehead atoms. The molecule has 0 radical (unpaired) electrons. The number of anilines is 1. The lowest BCUT2D eigenvalue weighted by molar-refractivity contribution is -0.387. The molecular weight excluding hydrogens is 376 g/mol. The molecule has 0 unspecified atom stereocenters. The number of sulfone groups is 1. The summed E-state index contributed by atoms with van der Waals surface area (Å²) >= 11 is 0. The molecular formula is C17H16N2O7S. The summed E-state index contributed by atoms with van der Waals surface area (Å²) in [5.41, 5.74) is -0.472. The van der Waals surface area contributed by atoms with Crippen molar-refractivity contribution in [2.45, 2.75) is 17.9 Å². The van der Waals surface area contributed by atoms with Crippen LogP contribution in [-0.4, -0.2) is 37.6 Å². The Morgan fingerprint density at radius 1 is 1.15 bits per heavy atom. The number of rotatable bonds is 6. The predicted octanol–water partition coefficient (Wildman–Crippen LogP) is 2.18. The molecule has 0 aliphatic rings. The van der Waals surface area contributed by atoms with Crippen LogP contribution in [0.2, 0.25) is 0 Å². The van der Waals surface area contributed by atoms with E-state index in [0.29, 0.717) is 5.69 Å². The molecule has 2 aromatic carbocycles. The van der Waals surface area contributed by atoms with E-state index >= 15 is 0 Å². The second kappa shape index (κ2) is 7.96. The van der Waals surface area contributed by atoms with E-state index in [9.17, 15) is 28.1 Å². The number of nitrogens with zero attached hydrogens (tertiary/aromatic N) is 1. The highest BCUT2D eigenvalue weighted by atomic mass is 32.2. The lowest BCUT2D eigenvalue weighted by Crippen LogP contribution is -2.30. The number of hydrogen-bond donors (Lipinski definition) is 1. The highest BCUT2D eigenvalue weighted by Gasteiger charge is 2.26. The number of amides is 1. The monoisotopic (exact) mass is 392 g/mol. The van der Waals surface area contributed by atoms with Crippen molar-refractivity contribution in [2.24, 2.45) is 0 Å². The van der Waals surface area contributed by atoms with Crippen LogP contribution in [0.5, 0.6) is 0 Å². The van der Waals surface area contributed by atoms with Gasteiger partial charge in [-0.25, -0.2) is 13.2 Å². The van der Waals surface area contributed by atoms with Crippen LogP contribution < -0.4 is 5.32 Å². The van der Waals surface area contributed by atoms with Crippen molar-refractivity contribution >= 4 is 33.1 Å². The van der Waals surface area contributed by atoms with Crippen LogP contribution in [0.3, 0.4) is 0 Å². The van der Waals surface area contributed by atoms with Gasteiger partial charge in [0, 0.05) is 18.0 Å². The Morgan fingerprint density at radius 2 is 1.78 bits per heavy atom. The first-order valence-corrected chi connectivity index (χ1v) is 9.54. The van der Waals surface area contributed by atoms with Crippen LogP contribution in [0.1, 0.15) is 17.3 Å². The first-order chi connectivity index (χ1) is 12.6. The molecule has 1 amide bonds. The molecule has 10 heteroatoms. The first-order valence-electron chi connectivity index (χ1n) is 7.65. The predicted molar refractivity (Wildman–Crippen MR) is 96.2 cm³/mol. The van der Waals surface area contributed by atoms with Gasteiger partial charge in [-0.3, -0.25) is 14.9 Å². The van der Waals surface area contributed by atoms with Crippen molar-refractivity contribution in [2.75, 3.05) is 11.6 Å². The zero-order chi connectivity index (χ0) is 20.2. The van der Waals surface area contributed by atoms with Crippen molar-refractivity contribution in [1.29, 1.82) is 0 Å². The van der Waals surface area contributed by atoms with Gasteiger partial charge in [-0.15, -0.1) is 0 Å². The number of esters is 1. The van der Waals surface area contributed by atoms with E-state index in [1.807, 2.05) is 0 Å². The summed E-state index contributed by atoms with van der Waals surface area (Å²) in [5.74, 6) is -1.58. The molecule has 0 aromatic heterocycles. The zero-order valence-electron chi connectivity index (χ0n) is 14.4. The molecule has 1 N–H and O–H groups in total. The number of nitrogens with one attached hydrogen (secondary N) is 1. The fourth-order valence-corrected chi connectivity index (χ4v) is 2.98. The van der Waals surface area contributed by atoms with Gasteiger partial charge in [-0.2, -0.15) is 0 Å². The summed E-state index contributed by atoms with van der Waals surface area (Å²) in [5, 5.41) is 13.7. The van der Waals surface area contributed by atoms with E-state index in [-0.39, 0.29) is 5.56 Å². The quantitative estimate of drug-likeness (QED) is 0.452. The molecule has 1 atom stereocenters. The summed E-state index contributed by atoms with van der Waals surface area (Å²) in [4.78, 5) is 33.9. The third kappa shape index (κ3) is 5.11. The largest absolute Gasteiger partial charge is 0.449 e. The smallest absolute Gasteiger partial charge is 0.339 e. The van der Waals surface area contributed by atoms with E-state index in [1.165, 1.54) is 6.92 Å². The highest BCUT2D eigenvalue weighted by Crippen LogP contribution is 2.25. The molecule has 0 saturated heterocycles. The van der Waals surface area contributed by atoms with Gasteiger partial charge in [0.05, 0.1) is 10.5 Å². The summed E-state index contributed by atoms with van der Waals surface area (Å²) in [7, 11) is -3.85. The molecule has 2 aromatic rings. The molecule has 0 aliphatic heterocycles. The number of ether oxygens (including phenoxy) is 1. The fraction of sp³-hybridized carbons (Fsp3) is 0.176. The molecule has 2 rings (SSSR count). The maximum atomic E-state index is 12.2. The van der Waals surface area contributed by atoms with Crippen molar-refractivity contribution in [3.63, 3.8) is 0 Å². The van der Waals surface area contributed by atoms with E-state index in [1.54, 1.807) is 30.3 Å². The standard InChI is InChI=1S/C17H16N2O7S/c1-11(16(20)18-13-6-4-3-5-7-13)26-17(21)12-8-9-15(27(2,24)25)14(10-12)19(22)23/h3-11H,1-2H3,(H,18,20)/t11-/m0/s1. The topological polar surface area (TPSA) is 133 Å². The van der Waals surface area contributed by atoms with Crippen molar-refractivity contribution in [1.82, 2.24) is 0 Å². The minimum Gasteiger partial charge on any atom is -0.449 e. The maximum absolute atomic E-state index is 12.2. The Kier molecular flexibility index (Phi) is 5.91. The minimum atomic E-state index is -3.85. The Bertz CT molecular complexity index is 988. The molecule has 0 spiro atoms. The molecule has 9 nitrogen and oxygen atoms in total. The molecule has 0 heterocycles. The fourth-order valence-electron chi connectivity index (χ4n) is 2.15. The average molecular weight is 392 g/mol. The Hall–Kier alpha value is -3.27. The van der Waals surface area contributed by atoms with Gasteiger partial charge in [-0.05, 0) is 31.2 Å². The SMILES string of the molecule is C[C@H](OC(=O)c1ccc(S(C)(=O)=O)c([N+](=O)[O-])c1)C(=O)Nc1ccccc1. The highest BCUT2D eigenvalue weighted by molar-refractivity contribution is 7.90. The number of hydrogen-bond acceptors (Lipinski definition) is 7. The third-order valence-corrected chi connectivity index (χ3v) is 4.63. The van der Waals surface area contributed by atoms with Gasteiger partial charge >= 0.3 is 5.97 Å². The second-order valence-electron chi connectivity index (χ2n) is 5.61. The van der Waals surface area contributed by atoms with E-state index in [4.69, 9.17) is 4.74 Å². The molecule has 27 heavy (non-hydrogen) atoms. The van der Waals surface area contributed by atoms with Gasteiger partial charge in [0.15, 0.2) is 15.9 Å². The summed E-state index contributed by atoms with van der Waals surface area (Å²) < 4.78 is 28.2. The Labute approximate surface area is 155 Å². The third-order valence-electron chi connectivity index (χ3n) is 3.49. The van der Waals surface area contributed by atoms with E-state index in [2.05, 4.69) is 5.32 Å². The van der Waals surface area contributed by atoms with Gasteiger partial charge in [0.2, 0.25) is 0 Å². The van der Waals surface area contributed by atoms with E-state index < -0.39 is 43.3 Å². The van der Waals surface area contributed by atoms with Crippen LogP contribution in [0.4, 0.5) is 11.4 Å². The van der Waals surface area contributed by atoms with Crippen LogP contribution in [0, 0.1) is 10.1 Å². The van der Waals surface area contributed by atoms with E-state index in [0.717, 1.165) is 24.5 Å². The lowest BCUT2D eigenvalue weighted by Gasteiger charge is -2.13. The van der Waals surface area contributed by atoms with Gasteiger partial charge in [-0.1, -0.05) is 18.2 Å². The molecule has 0 aliphatic carbocycles. The molecule has 0 fully saturated rings. The zero-order valence-corrected chi connectivity index (χ0v) is 15.2. The number of para-hydroxylation sites is 1. The first kappa shape index (κ1) is 20.0. The summed E-state index contributed by atoms with van der Waals surface area (Å²) in [6.07, 6.45) is -0.352. The van der Waals surface area contributed by atoms with Crippen LogP contribution in [0.25, 0.3) is 0 Å². The van der Waals surface area contributed by atoms with Crippen molar-refractivity contribution < 1.29 is 27.7 Å². The maximum Gasteiger partial charge on any atom is 0.339 e. The summed E-state index contributed by atoms with van der Waals surface area (Å²) in [6.45, 7) is 1.34. The Balaban J connectivity index is 2.16. The van der Waals surface area contributed by atoms with Crippen LogP contribution >= 0.6 is 0 Å². The van der Waals surface area contributed by atoms with Gasteiger partial charge < -0.3 is 10.1 Å². The minimum absolute atomic E-state index is 0.242. The lowest BCUT2D eigenvalue weighted by atomic mass is 10.2. The number of benzene rings is 2. The van der Waals surface area contributed by atoms with Crippen molar-refractivity contribution in [3.05, 3.63) is 64.2 Å². The number of nitro groups is 1.